The molecule has 1 aromatic rings. The van der Waals surface area contributed by atoms with Gasteiger partial charge in [-0.1, -0.05) is 18.7 Å². The van der Waals surface area contributed by atoms with E-state index in [1.54, 1.807) is 0 Å². The Morgan fingerprint density at radius 2 is 1.92 bits per heavy atom. The van der Waals surface area contributed by atoms with Crippen molar-refractivity contribution in [3.8, 4) is 0 Å². The summed E-state index contributed by atoms with van der Waals surface area (Å²) in [6, 6.07) is 2.17. The molecule has 70 valence electrons. The smallest absolute Gasteiger partial charge is 0.0479 e. The van der Waals surface area contributed by atoms with Crippen molar-refractivity contribution in [1.29, 1.82) is 0 Å². The second-order valence-electron chi connectivity index (χ2n) is 3.37. The summed E-state index contributed by atoms with van der Waals surface area (Å²) in [4.78, 5) is 0. The molecule has 0 nitrogen and oxygen atoms in total. The fraction of sp³-hybridized carbons (Fsp3) is 0.333. The summed E-state index contributed by atoms with van der Waals surface area (Å²) in [5.74, 6) is 0.582. The van der Waals surface area contributed by atoms with Gasteiger partial charge in [-0.3, -0.25) is 0 Å². The van der Waals surface area contributed by atoms with Crippen molar-refractivity contribution in [2.75, 3.05) is 0 Å². The molecule has 1 rings (SSSR count). The highest BCUT2D eigenvalue weighted by Gasteiger charge is 2.07. The second kappa shape index (κ2) is 3.97. The summed E-state index contributed by atoms with van der Waals surface area (Å²) in [6.45, 7) is 10.1. The van der Waals surface area contributed by atoms with Gasteiger partial charge in [-0.05, 0) is 48.6 Å². The van der Waals surface area contributed by atoms with Crippen molar-refractivity contribution in [1.82, 2.24) is 0 Å². The Balaban J connectivity index is 3.47. The Labute approximate surface area is 85.2 Å². The summed E-state index contributed by atoms with van der Waals surface area (Å²) in [6.07, 6.45) is 1.90. The summed E-state index contributed by atoms with van der Waals surface area (Å²) < 4.78 is 0. The van der Waals surface area contributed by atoms with Crippen LogP contribution in [0.2, 0.25) is 0 Å². The molecule has 0 aliphatic heterocycles. The molecule has 0 unspecified atom stereocenters. The quantitative estimate of drug-likeness (QED) is 0.625. The van der Waals surface area contributed by atoms with Crippen LogP contribution in [0.15, 0.2) is 12.6 Å². The molecule has 0 saturated carbocycles. The van der Waals surface area contributed by atoms with Crippen molar-refractivity contribution < 1.29 is 0 Å². The van der Waals surface area contributed by atoms with Gasteiger partial charge in [0.2, 0.25) is 0 Å². The summed E-state index contributed by atoms with van der Waals surface area (Å²) in [5, 5.41) is 0. The van der Waals surface area contributed by atoms with E-state index in [0.717, 1.165) is 0 Å². The van der Waals surface area contributed by atoms with Gasteiger partial charge in [-0.25, -0.2) is 0 Å². The van der Waals surface area contributed by atoms with Gasteiger partial charge in [0, 0.05) is 5.88 Å². The molecule has 0 radical (unpaired) electrons. The van der Waals surface area contributed by atoms with Crippen molar-refractivity contribution in [2.45, 2.75) is 26.7 Å². The van der Waals surface area contributed by atoms with Crippen molar-refractivity contribution >= 4 is 17.7 Å². The molecule has 1 aromatic carbocycles. The summed E-state index contributed by atoms with van der Waals surface area (Å²) >= 11 is 5.88. The number of hydrogen-bond donors (Lipinski definition) is 0. The summed E-state index contributed by atoms with van der Waals surface area (Å²) in [7, 11) is 0. The topological polar surface area (TPSA) is 0 Å². The number of alkyl halides is 1. The van der Waals surface area contributed by atoms with E-state index in [9.17, 15) is 0 Å². The Bertz CT molecular complexity index is 337. The predicted octanol–water partition coefficient (Wildman–Crippen LogP) is 3.99. The van der Waals surface area contributed by atoms with Gasteiger partial charge in [-0.15, -0.1) is 11.6 Å². The zero-order chi connectivity index (χ0) is 10.0. The highest BCUT2D eigenvalue weighted by Crippen LogP contribution is 2.24. The largest absolute Gasteiger partial charge is 0.122 e. The first-order valence-electron chi connectivity index (χ1n) is 4.40. The van der Waals surface area contributed by atoms with Crippen LogP contribution in [0.4, 0.5) is 0 Å². The maximum absolute atomic E-state index is 5.88. The molecule has 13 heavy (non-hydrogen) atoms. The van der Waals surface area contributed by atoms with Crippen LogP contribution in [0.3, 0.4) is 0 Å². The predicted molar refractivity (Wildman–Crippen MR) is 60.3 cm³/mol. The van der Waals surface area contributed by atoms with Crippen LogP contribution in [0, 0.1) is 20.8 Å². The lowest BCUT2D eigenvalue weighted by molar-refractivity contribution is 1.20. The minimum absolute atomic E-state index is 0.582. The number of benzene rings is 1. The fourth-order valence-corrected chi connectivity index (χ4v) is 2.17. The molecule has 0 amide bonds. The molecular weight excluding hydrogens is 180 g/mol. The third-order valence-electron chi connectivity index (χ3n) is 2.53. The highest BCUT2D eigenvalue weighted by atomic mass is 35.5. The van der Waals surface area contributed by atoms with Crippen molar-refractivity contribution in [3.63, 3.8) is 0 Å². The van der Waals surface area contributed by atoms with Gasteiger partial charge >= 0.3 is 0 Å². The molecule has 0 spiro atoms. The maximum atomic E-state index is 5.88. The molecule has 1 heteroatoms. The Hall–Kier alpha value is -0.750. The number of rotatable bonds is 2. The van der Waals surface area contributed by atoms with Gasteiger partial charge < -0.3 is 0 Å². The van der Waals surface area contributed by atoms with E-state index in [-0.39, 0.29) is 0 Å². The molecule has 0 fully saturated rings. The Morgan fingerprint density at radius 1 is 1.31 bits per heavy atom. The van der Waals surface area contributed by atoms with Gasteiger partial charge in [0.15, 0.2) is 0 Å². The van der Waals surface area contributed by atoms with Crippen LogP contribution in [0.25, 0.3) is 6.08 Å². The monoisotopic (exact) mass is 194 g/mol. The van der Waals surface area contributed by atoms with Crippen LogP contribution in [0.5, 0.6) is 0 Å². The van der Waals surface area contributed by atoms with Crippen LogP contribution < -0.4 is 0 Å². The fourth-order valence-electron chi connectivity index (χ4n) is 1.76. The van der Waals surface area contributed by atoms with Crippen molar-refractivity contribution in [3.05, 3.63) is 40.5 Å². The Kier molecular flexibility index (Phi) is 3.16. The number of hydrogen-bond acceptors (Lipinski definition) is 0. The first-order chi connectivity index (χ1) is 6.11. The van der Waals surface area contributed by atoms with E-state index in [0.29, 0.717) is 5.88 Å². The minimum Gasteiger partial charge on any atom is -0.122 e. The standard InChI is InChI=1S/C12H15Cl/c1-5-11-8(2)6-9(3)12(7-13)10(11)4/h5-6H,1,7H2,2-4H3. The van der Waals surface area contributed by atoms with E-state index in [4.69, 9.17) is 11.6 Å². The molecule has 0 N–H and O–H groups in total. The summed E-state index contributed by atoms with van der Waals surface area (Å²) in [5.41, 5.74) is 6.28. The molecule has 0 aliphatic carbocycles. The Morgan fingerprint density at radius 3 is 2.38 bits per heavy atom. The number of halogens is 1. The molecule has 0 aromatic heterocycles. The van der Waals surface area contributed by atoms with Crippen molar-refractivity contribution in [2.24, 2.45) is 0 Å². The average Bonchev–Trinajstić information content (AvgIpc) is 2.04. The molecule has 0 saturated heterocycles. The third-order valence-corrected chi connectivity index (χ3v) is 2.80. The van der Waals surface area contributed by atoms with Gasteiger partial charge in [0.05, 0.1) is 0 Å². The van der Waals surface area contributed by atoms with Crippen LogP contribution in [-0.4, -0.2) is 0 Å². The molecule has 0 atom stereocenters. The van der Waals surface area contributed by atoms with Gasteiger partial charge in [0.25, 0.3) is 0 Å². The van der Waals surface area contributed by atoms with Crippen LogP contribution >= 0.6 is 11.6 Å². The highest BCUT2D eigenvalue weighted by molar-refractivity contribution is 6.17. The first kappa shape index (κ1) is 10.3. The lowest BCUT2D eigenvalue weighted by Gasteiger charge is -2.12. The number of aryl methyl sites for hydroxylation is 2. The zero-order valence-electron chi connectivity index (χ0n) is 8.45. The van der Waals surface area contributed by atoms with Gasteiger partial charge in [0.1, 0.15) is 0 Å². The normalized spacial score (nSPS) is 10.2. The lowest BCUT2D eigenvalue weighted by Crippen LogP contribution is -1.96. The van der Waals surface area contributed by atoms with E-state index in [1.165, 1.54) is 27.8 Å². The average molecular weight is 195 g/mol. The molecule has 0 bridgehead atoms. The van der Waals surface area contributed by atoms with Gasteiger partial charge in [-0.2, -0.15) is 0 Å². The molecular formula is C12H15Cl. The lowest BCUT2D eigenvalue weighted by atomic mass is 9.94. The van der Waals surface area contributed by atoms with Crippen LogP contribution in [0.1, 0.15) is 27.8 Å². The van der Waals surface area contributed by atoms with Crippen LogP contribution in [-0.2, 0) is 5.88 Å². The van der Waals surface area contributed by atoms with E-state index in [1.807, 2.05) is 6.08 Å². The third kappa shape index (κ3) is 1.78. The van der Waals surface area contributed by atoms with E-state index >= 15 is 0 Å². The van der Waals surface area contributed by atoms with E-state index < -0.39 is 0 Å². The van der Waals surface area contributed by atoms with E-state index in [2.05, 4.69) is 33.4 Å². The first-order valence-corrected chi connectivity index (χ1v) is 4.93. The zero-order valence-corrected chi connectivity index (χ0v) is 9.20. The molecule has 0 heterocycles. The minimum atomic E-state index is 0.582. The SMILES string of the molecule is C=Cc1c(C)cc(C)c(CCl)c1C. The molecule has 0 aliphatic rings. The second-order valence-corrected chi connectivity index (χ2v) is 3.63. The maximum Gasteiger partial charge on any atom is 0.0479 e.